The summed E-state index contributed by atoms with van der Waals surface area (Å²) in [5, 5.41) is 22.5. The van der Waals surface area contributed by atoms with Crippen LogP contribution in [-0.4, -0.2) is 22.8 Å². The van der Waals surface area contributed by atoms with Crippen LogP contribution in [0.4, 0.5) is 5.69 Å². The minimum atomic E-state index is -0.301. The van der Waals surface area contributed by atoms with E-state index in [1.54, 1.807) is 24.3 Å². The lowest BCUT2D eigenvalue weighted by atomic mass is 10.1. The number of aromatic hydroxyl groups is 2. The second-order valence-electron chi connectivity index (χ2n) is 7.35. The van der Waals surface area contributed by atoms with E-state index in [1.807, 2.05) is 0 Å². The molecule has 5 heteroatoms. The molecule has 0 heterocycles. The Kier molecular flexibility index (Phi) is 9.90. The lowest BCUT2D eigenvalue weighted by molar-refractivity contribution is 0.0497. The molecule has 0 aliphatic rings. The first-order valence-corrected chi connectivity index (χ1v) is 10.6. The summed E-state index contributed by atoms with van der Waals surface area (Å²) in [4.78, 5) is 12.1. The average Bonchev–Trinajstić information content (AvgIpc) is 2.73. The van der Waals surface area contributed by atoms with Gasteiger partial charge in [0, 0.05) is 17.8 Å². The van der Waals surface area contributed by atoms with E-state index in [0.717, 1.165) is 18.5 Å². The maximum absolute atomic E-state index is 12.1. The second-order valence-corrected chi connectivity index (χ2v) is 7.35. The SMILES string of the molecule is CCCCCCCCCCOC(=O)c1ccc(NCc2cc(O)ccc2O)cc1. The van der Waals surface area contributed by atoms with Crippen LogP contribution in [0.3, 0.4) is 0 Å². The molecule has 0 atom stereocenters. The van der Waals surface area contributed by atoms with Crippen molar-refractivity contribution in [1.29, 1.82) is 0 Å². The van der Waals surface area contributed by atoms with Gasteiger partial charge in [0.05, 0.1) is 12.2 Å². The van der Waals surface area contributed by atoms with Crippen LogP contribution in [0.1, 0.15) is 74.2 Å². The van der Waals surface area contributed by atoms with Crippen molar-refractivity contribution in [1.82, 2.24) is 0 Å². The molecule has 0 bridgehead atoms. The third kappa shape index (κ3) is 8.46. The van der Waals surface area contributed by atoms with Crippen LogP contribution in [0.5, 0.6) is 11.5 Å². The van der Waals surface area contributed by atoms with E-state index in [9.17, 15) is 15.0 Å². The highest BCUT2D eigenvalue weighted by Crippen LogP contribution is 2.23. The molecule has 0 saturated heterocycles. The van der Waals surface area contributed by atoms with E-state index in [2.05, 4.69) is 12.2 Å². The lowest BCUT2D eigenvalue weighted by Gasteiger charge is -2.10. The number of unbranched alkanes of at least 4 members (excludes halogenated alkanes) is 7. The van der Waals surface area contributed by atoms with Crippen molar-refractivity contribution in [3.05, 3.63) is 53.6 Å². The van der Waals surface area contributed by atoms with Crippen LogP contribution in [0, 0.1) is 0 Å². The van der Waals surface area contributed by atoms with Gasteiger partial charge in [-0.3, -0.25) is 0 Å². The first-order valence-electron chi connectivity index (χ1n) is 10.6. The highest BCUT2D eigenvalue weighted by molar-refractivity contribution is 5.89. The molecule has 0 unspecified atom stereocenters. The van der Waals surface area contributed by atoms with Gasteiger partial charge in [-0.05, 0) is 48.9 Å². The number of phenolic OH excluding ortho intramolecular Hbond substituents is 2. The van der Waals surface area contributed by atoms with E-state index in [0.29, 0.717) is 24.3 Å². The van der Waals surface area contributed by atoms with Gasteiger partial charge in [0.2, 0.25) is 0 Å². The van der Waals surface area contributed by atoms with E-state index >= 15 is 0 Å². The number of benzene rings is 2. The molecular weight excluding hydrogens is 366 g/mol. The minimum absolute atomic E-state index is 0.106. The van der Waals surface area contributed by atoms with E-state index < -0.39 is 0 Å². The number of carbonyl (C=O) groups excluding carboxylic acids is 1. The highest BCUT2D eigenvalue weighted by Gasteiger charge is 2.07. The zero-order valence-electron chi connectivity index (χ0n) is 17.3. The third-order valence-corrected chi connectivity index (χ3v) is 4.90. The molecule has 2 aromatic rings. The Bertz CT molecular complexity index is 743. The number of ether oxygens (including phenoxy) is 1. The molecule has 158 valence electrons. The zero-order chi connectivity index (χ0) is 20.9. The van der Waals surface area contributed by atoms with Gasteiger partial charge >= 0.3 is 5.97 Å². The minimum Gasteiger partial charge on any atom is -0.508 e. The first kappa shape index (κ1) is 22.6. The first-order chi connectivity index (χ1) is 14.1. The Labute approximate surface area is 173 Å². The fourth-order valence-corrected chi connectivity index (χ4v) is 3.12. The number of hydrogen-bond donors (Lipinski definition) is 3. The molecule has 3 N–H and O–H groups in total. The zero-order valence-corrected chi connectivity index (χ0v) is 17.3. The van der Waals surface area contributed by atoms with Gasteiger partial charge < -0.3 is 20.3 Å². The maximum Gasteiger partial charge on any atom is 0.338 e. The van der Waals surface area contributed by atoms with Gasteiger partial charge in [0.25, 0.3) is 0 Å². The molecule has 5 nitrogen and oxygen atoms in total. The summed E-state index contributed by atoms with van der Waals surface area (Å²) in [7, 11) is 0. The van der Waals surface area contributed by atoms with Crippen molar-refractivity contribution < 1.29 is 19.7 Å². The molecule has 0 saturated carbocycles. The number of anilines is 1. The second kappa shape index (κ2) is 12.7. The van der Waals surface area contributed by atoms with Gasteiger partial charge in [0.15, 0.2) is 0 Å². The summed E-state index contributed by atoms with van der Waals surface area (Å²) < 4.78 is 5.35. The number of carbonyl (C=O) groups is 1. The average molecular weight is 400 g/mol. The summed E-state index contributed by atoms with van der Waals surface area (Å²) in [6, 6.07) is 11.4. The Hall–Kier alpha value is -2.69. The number of esters is 1. The van der Waals surface area contributed by atoms with Crippen LogP contribution in [0.2, 0.25) is 0 Å². The van der Waals surface area contributed by atoms with Crippen LogP contribution in [0.25, 0.3) is 0 Å². The van der Waals surface area contributed by atoms with Crippen molar-refractivity contribution in [3.63, 3.8) is 0 Å². The molecule has 29 heavy (non-hydrogen) atoms. The summed E-state index contributed by atoms with van der Waals surface area (Å²) in [5.74, 6) is -0.0734. The maximum atomic E-state index is 12.1. The highest BCUT2D eigenvalue weighted by atomic mass is 16.5. The number of nitrogens with one attached hydrogen (secondary N) is 1. The van der Waals surface area contributed by atoms with Gasteiger partial charge in [-0.15, -0.1) is 0 Å². The Morgan fingerprint density at radius 3 is 2.24 bits per heavy atom. The number of hydrogen-bond acceptors (Lipinski definition) is 5. The molecule has 2 rings (SSSR count). The summed E-state index contributed by atoms with van der Waals surface area (Å²) in [6.07, 6.45) is 9.71. The smallest absolute Gasteiger partial charge is 0.338 e. The Morgan fingerprint density at radius 2 is 1.55 bits per heavy atom. The molecule has 0 aliphatic heterocycles. The normalized spacial score (nSPS) is 10.7. The largest absolute Gasteiger partial charge is 0.508 e. The monoisotopic (exact) mass is 399 g/mol. The molecule has 0 spiro atoms. The summed E-state index contributed by atoms with van der Waals surface area (Å²) in [5.41, 5.74) is 1.93. The molecule has 0 amide bonds. The van der Waals surface area contributed by atoms with Gasteiger partial charge in [-0.1, -0.05) is 51.9 Å². The van der Waals surface area contributed by atoms with Crippen LogP contribution < -0.4 is 5.32 Å². The topological polar surface area (TPSA) is 78.8 Å². The molecule has 0 aliphatic carbocycles. The van der Waals surface area contributed by atoms with Gasteiger partial charge in [-0.2, -0.15) is 0 Å². The van der Waals surface area contributed by atoms with E-state index in [4.69, 9.17) is 4.74 Å². The summed E-state index contributed by atoms with van der Waals surface area (Å²) in [6.45, 7) is 3.05. The summed E-state index contributed by atoms with van der Waals surface area (Å²) >= 11 is 0. The fourth-order valence-electron chi connectivity index (χ4n) is 3.12. The standard InChI is InChI=1S/C24H33NO4/c1-2-3-4-5-6-7-8-9-16-29-24(28)19-10-12-21(13-11-19)25-18-20-17-22(26)14-15-23(20)27/h10-15,17,25-27H,2-9,16,18H2,1H3. The molecule has 0 fully saturated rings. The molecular formula is C24H33NO4. The van der Waals surface area contributed by atoms with Crippen LogP contribution >= 0.6 is 0 Å². The predicted octanol–water partition coefficient (Wildman–Crippen LogP) is 6.01. The Balaban J connectivity index is 1.66. The van der Waals surface area contributed by atoms with Crippen molar-refractivity contribution in [2.45, 2.75) is 64.8 Å². The fraction of sp³-hybridized carbons (Fsp3) is 0.458. The van der Waals surface area contributed by atoms with Gasteiger partial charge in [0.1, 0.15) is 11.5 Å². The third-order valence-electron chi connectivity index (χ3n) is 4.90. The number of phenols is 2. The number of rotatable bonds is 13. The molecule has 0 radical (unpaired) electrons. The van der Waals surface area contributed by atoms with Crippen LogP contribution in [0.15, 0.2) is 42.5 Å². The van der Waals surface area contributed by atoms with Crippen molar-refractivity contribution in [2.75, 3.05) is 11.9 Å². The van der Waals surface area contributed by atoms with Crippen molar-refractivity contribution >= 4 is 11.7 Å². The van der Waals surface area contributed by atoms with Gasteiger partial charge in [-0.25, -0.2) is 4.79 Å². The van der Waals surface area contributed by atoms with Crippen molar-refractivity contribution in [3.8, 4) is 11.5 Å². The van der Waals surface area contributed by atoms with E-state index in [1.165, 1.54) is 56.7 Å². The Morgan fingerprint density at radius 1 is 0.897 bits per heavy atom. The van der Waals surface area contributed by atoms with E-state index in [-0.39, 0.29) is 17.5 Å². The van der Waals surface area contributed by atoms with Crippen LogP contribution in [-0.2, 0) is 11.3 Å². The molecule has 0 aromatic heterocycles. The van der Waals surface area contributed by atoms with Crippen molar-refractivity contribution in [2.24, 2.45) is 0 Å². The predicted molar refractivity (Wildman–Crippen MR) is 116 cm³/mol. The quantitative estimate of drug-likeness (QED) is 0.218. The molecule has 2 aromatic carbocycles. The lowest BCUT2D eigenvalue weighted by Crippen LogP contribution is -2.07.